The maximum absolute atomic E-state index is 7.33. The van der Waals surface area contributed by atoms with Gasteiger partial charge in [0.25, 0.3) is 5.75 Å². The van der Waals surface area contributed by atoms with Gasteiger partial charge in [0, 0.05) is 21.9 Å². The lowest BCUT2D eigenvalue weighted by Gasteiger charge is -2.18. The highest BCUT2D eigenvalue weighted by atomic mass is 32.1. The van der Waals surface area contributed by atoms with Crippen LogP contribution in [0.15, 0.2) is 119 Å². The fourth-order valence-corrected chi connectivity index (χ4v) is 2.86. The molecule has 0 aliphatic carbocycles. The van der Waals surface area contributed by atoms with E-state index >= 15 is 0 Å². The van der Waals surface area contributed by atoms with Gasteiger partial charge in [0.15, 0.2) is 0 Å². The number of benzene rings is 4. The van der Waals surface area contributed by atoms with Gasteiger partial charge in [-0.25, -0.2) is 0 Å². The van der Waals surface area contributed by atoms with Crippen molar-refractivity contribution in [3.63, 3.8) is 0 Å². The molecule has 0 fully saturated rings. The summed E-state index contributed by atoms with van der Waals surface area (Å²) in [5.74, 6) is 1.98. The number of thiol groups is 2. The largest absolute Gasteiger partial charge is 0.593 e. The molecule has 0 unspecified atom stereocenters. The lowest BCUT2D eigenvalue weighted by Crippen LogP contribution is -2.10. The van der Waals surface area contributed by atoms with E-state index in [0.29, 0.717) is 11.2 Å². The molecule has 0 heterocycles. The van der Waals surface area contributed by atoms with Gasteiger partial charge in [-0.05, 0) is 59.5 Å². The van der Waals surface area contributed by atoms with Gasteiger partial charge in [0.1, 0.15) is 11.5 Å². The van der Waals surface area contributed by atoms with Crippen LogP contribution < -0.4 is 4.74 Å². The van der Waals surface area contributed by atoms with E-state index in [1.54, 1.807) is 24.3 Å². The maximum Gasteiger partial charge on any atom is 0.254 e. The molecule has 0 radical (unpaired) electrons. The molecule has 0 aliphatic rings. The molecule has 166 valence electrons. The Kier molecular flexibility index (Phi) is 10.3. The Hall–Kier alpha value is -2.82. The van der Waals surface area contributed by atoms with Crippen molar-refractivity contribution in [3.8, 4) is 17.2 Å². The maximum atomic E-state index is 7.33. The molecule has 0 spiro atoms. The quantitative estimate of drug-likeness (QED) is 0.228. The predicted molar refractivity (Wildman–Crippen MR) is 142 cm³/mol. The van der Waals surface area contributed by atoms with Gasteiger partial charge in [-0.1, -0.05) is 69.3 Å². The number of hydrogen-bond donors (Lipinski definition) is 2. The fourth-order valence-electron chi connectivity index (χ4n) is 2.54. The van der Waals surface area contributed by atoms with E-state index in [-0.39, 0.29) is 0 Å². The molecular weight excluding hydrogens is 432 g/mol. The summed E-state index contributed by atoms with van der Waals surface area (Å²) in [6.45, 7) is 6.67. The third-order valence-electron chi connectivity index (χ3n) is 4.32. The molecule has 2 nitrogen and oxygen atoms in total. The Morgan fingerprint density at radius 2 is 0.969 bits per heavy atom. The molecule has 32 heavy (non-hydrogen) atoms. The average molecular weight is 464 g/mol. The summed E-state index contributed by atoms with van der Waals surface area (Å²) < 4.78 is 5.57. The van der Waals surface area contributed by atoms with Crippen LogP contribution in [-0.2, 0) is 5.41 Å². The van der Waals surface area contributed by atoms with Crippen LogP contribution in [0.3, 0.4) is 0 Å². The second-order valence-corrected chi connectivity index (χ2v) is 9.10. The number of rotatable bonds is 2. The van der Waals surface area contributed by atoms with Crippen molar-refractivity contribution in [3.05, 3.63) is 115 Å². The van der Waals surface area contributed by atoms with E-state index in [1.165, 1.54) is 5.56 Å². The van der Waals surface area contributed by atoms with Crippen molar-refractivity contribution in [2.75, 3.05) is 0 Å². The van der Waals surface area contributed by atoms with E-state index in [1.807, 2.05) is 54.6 Å². The zero-order valence-electron chi connectivity index (χ0n) is 18.7. The Morgan fingerprint density at radius 3 is 1.34 bits per heavy atom. The minimum Gasteiger partial charge on any atom is -0.593 e. The second kappa shape index (κ2) is 12.9. The lowest BCUT2D eigenvalue weighted by molar-refractivity contribution is 0.464. The minimum atomic E-state index is 0.293. The molecule has 0 saturated carbocycles. The first-order valence-electron chi connectivity index (χ1n) is 10.3. The molecular formula is C28H31O2S2+. The summed E-state index contributed by atoms with van der Waals surface area (Å²) in [4.78, 5) is 1.92. The molecule has 0 saturated heterocycles. The molecule has 4 rings (SSSR count). The van der Waals surface area contributed by atoms with Gasteiger partial charge in [0.05, 0.1) is 0 Å². The normalized spacial score (nSPS) is 10.2. The Balaban J connectivity index is 0.000000184. The van der Waals surface area contributed by atoms with E-state index < -0.39 is 0 Å². The molecule has 4 aromatic carbocycles. The summed E-state index contributed by atoms with van der Waals surface area (Å²) >= 11 is 8.28. The first-order valence-corrected chi connectivity index (χ1v) is 11.2. The van der Waals surface area contributed by atoms with E-state index in [0.717, 1.165) is 21.3 Å². The number of ether oxygens (including phenoxy) is 1. The highest BCUT2D eigenvalue weighted by Gasteiger charge is 2.11. The summed E-state index contributed by atoms with van der Waals surface area (Å²) in [6.07, 6.45) is 0. The van der Waals surface area contributed by atoms with Crippen molar-refractivity contribution in [2.45, 2.75) is 36.0 Å². The van der Waals surface area contributed by atoms with Crippen LogP contribution >= 0.6 is 25.3 Å². The molecule has 2 N–H and O–H groups in total. The van der Waals surface area contributed by atoms with Gasteiger partial charge in [0.2, 0.25) is 0 Å². The highest BCUT2D eigenvalue weighted by Crippen LogP contribution is 2.24. The molecule has 0 amide bonds. The van der Waals surface area contributed by atoms with E-state index in [4.69, 9.17) is 9.84 Å². The summed E-state index contributed by atoms with van der Waals surface area (Å²) in [5, 5.41) is 7.33. The summed E-state index contributed by atoms with van der Waals surface area (Å²) in [7, 11) is 0. The average Bonchev–Trinajstić information content (AvgIpc) is 2.78. The molecule has 0 bridgehead atoms. The third-order valence-corrected chi connectivity index (χ3v) is 4.92. The van der Waals surface area contributed by atoms with Crippen LogP contribution in [0.2, 0.25) is 0 Å². The van der Waals surface area contributed by atoms with Gasteiger partial charge in [-0.15, -0.1) is 25.3 Å². The zero-order valence-corrected chi connectivity index (χ0v) is 20.5. The smallest absolute Gasteiger partial charge is 0.254 e. The Morgan fingerprint density at radius 1 is 0.562 bits per heavy atom. The monoisotopic (exact) mass is 463 g/mol. The SMILES string of the molecule is CC(C)(C)c1ccccc1.Sc1ccccc1.[OH2+]c1ccc(Oc2ccc(S)cc2)cc1. The van der Waals surface area contributed by atoms with Crippen molar-refractivity contribution in [2.24, 2.45) is 0 Å². The second-order valence-electron chi connectivity index (χ2n) is 8.07. The zero-order chi connectivity index (χ0) is 23.4. The van der Waals surface area contributed by atoms with Gasteiger partial charge in [-0.2, -0.15) is 0 Å². The molecule has 4 aromatic rings. The van der Waals surface area contributed by atoms with Crippen molar-refractivity contribution >= 4 is 25.3 Å². The van der Waals surface area contributed by atoms with E-state index in [9.17, 15) is 0 Å². The van der Waals surface area contributed by atoms with E-state index in [2.05, 4.69) is 76.4 Å². The molecule has 0 aromatic heterocycles. The van der Waals surface area contributed by atoms with Gasteiger partial charge in [-0.3, -0.25) is 0 Å². The molecule has 0 atom stereocenters. The molecule has 4 heteroatoms. The number of hydrogen-bond acceptors (Lipinski definition) is 3. The Bertz CT molecular complexity index is 981. The van der Waals surface area contributed by atoms with Crippen molar-refractivity contribution in [1.82, 2.24) is 0 Å². The first kappa shape index (κ1) is 25.4. The van der Waals surface area contributed by atoms with Crippen LogP contribution in [0.1, 0.15) is 26.3 Å². The van der Waals surface area contributed by atoms with Crippen molar-refractivity contribution < 1.29 is 9.84 Å². The fraction of sp³-hybridized carbons (Fsp3) is 0.143. The third kappa shape index (κ3) is 9.99. The summed E-state index contributed by atoms with van der Waals surface area (Å²) in [6, 6.07) is 34.7. The van der Waals surface area contributed by atoms with Crippen LogP contribution in [0.5, 0.6) is 17.2 Å². The van der Waals surface area contributed by atoms with Crippen molar-refractivity contribution in [1.29, 1.82) is 0 Å². The van der Waals surface area contributed by atoms with Crippen LogP contribution in [-0.4, -0.2) is 5.11 Å². The lowest BCUT2D eigenvalue weighted by atomic mass is 9.87. The van der Waals surface area contributed by atoms with Crippen LogP contribution in [0, 0.1) is 0 Å². The standard InChI is InChI=1S/C12H10O2S.C10H14.C6H6S/c13-9-1-3-10(4-2-9)14-11-5-7-12(15)8-6-11;1-10(2,3)9-7-5-4-6-8-9;7-6-4-2-1-3-5-6/h1-8,13,15H;4-8H,1-3H3;1-5,7H/p+1. The highest BCUT2D eigenvalue weighted by molar-refractivity contribution is 7.80. The summed E-state index contributed by atoms with van der Waals surface area (Å²) in [5.41, 5.74) is 1.69. The molecule has 0 aliphatic heterocycles. The van der Waals surface area contributed by atoms with Crippen LogP contribution in [0.4, 0.5) is 0 Å². The van der Waals surface area contributed by atoms with Crippen LogP contribution in [0.25, 0.3) is 0 Å². The topological polar surface area (TPSA) is 32.1 Å². The van der Waals surface area contributed by atoms with Gasteiger partial charge >= 0.3 is 0 Å². The minimum absolute atomic E-state index is 0.293. The van der Waals surface area contributed by atoms with Gasteiger partial charge < -0.3 is 9.84 Å². The Labute approximate surface area is 202 Å². The first-order chi connectivity index (χ1) is 15.2. The predicted octanol–water partition coefficient (Wildman–Crippen LogP) is 8.16.